The normalized spacial score (nSPS) is 17.4. The summed E-state index contributed by atoms with van der Waals surface area (Å²) in [5.41, 5.74) is 3.68. The highest BCUT2D eigenvalue weighted by molar-refractivity contribution is 5.88. The van der Waals surface area contributed by atoms with Gasteiger partial charge in [0.2, 0.25) is 0 Å². The van der Waals surface area contributed by atoms with Crippen LogP contribution in [0.15, 0.2) is 12.2 Å². The third kappa shape index (κ3) is 4.44. The number of carbonyl (C=O) groups excluding carboxylic acids is 1. The molecule has 86 valence electrons. The Morgan fingerprint density at radius 3 is 2.67 bits per heavy atom. The molecule has 1 fully saturated rings. The summed E-state index contributed by atoms with van der Waals surface area (Å²) in [4.78, 5) is 11.2. The van der Waals surface area contributed by atoms with Gasteiger partial charge in [-0.2, -0.15) is 0 Å². The van der Waals surface area contributed by atoms with E-state index < -0.39 is 0 Å². The lowest BCUT2D eigenvalue weighted by Gasteiger charge is -2.27. The van der Waals surface area contributed by atoms with Crippen molar-refractivity contribution in [2.24, 2.45) is 0 Å². The molecule has 4 heteroatoms. The van der Waals surface area contributed by atoms with Crippen LogP contribution in [0.4, 0.5) is 0 Å². The predicted molar refractivity (Wildman–Crippen MR) is 59.2 cm³/mol. The Morgan fingerprint density at radius 2 is 2.07 bits per heavy atom. The Bertz CT molecular complexity index is 223. The molecule has 0 aromatic rings. The molecule has 1 heterocycles. The first-order chi connectivity index (χ1) is 7.24. The van der Waals surface area contributed by atoms with Crippen molar-refractivity contribution in [3.63, 3.8) is 0 Å². The summed E-state index contributed by atoms with van der Waals surface area (Å²) in [7, 11) is 0. The molecule has 0 radical (unpaired) electrons. The van der Waals surface area contributed by atoms with Gasteiger partial charge in [-0.15, -0.1) is 0 Å². The first kappa shape index (κ1) is 12.2. The number of rotatable bonds is 5. The van der Waals surface area contributed by atoms with Crippen LogP contribution in [0, 0.1) is 0 Å². The zero-order chi connectivity index (χ0) is 11.1. The molecule has 0 amide bonds. The second-order valence-corrected chi connectivity index (χ2v) is 3.71. The van der Waals surface area contributed by atoms with E-state index in [1.807, 2.05) is 0 Å². The van der Waals surface area contributed by atoms with E-state index in [0.717, 1.165) is 13.1 Å². The summed E-state index contributed by atoms with van der Waals surface area (Å²) in [6, 6.07) is 0. The largest absolute Gasteiger partial charge is 0.463 e. The van der Waals surface area contributed by atoms with Crippen molar-refractivity contribution in [2.45, 2.75) is 26.2 Å². The van der Waals surface area contributed by atoms with Crippen molar-refractivity contribution < 1.29 is 9.53 Å². The molecule has 0 unspecified atom stereocenters. The van der Waals surface area contributed by atoms with Crippen LogP contribution < -0.4 is 5.43 Å². The van der Waals surface area contributed by atoms with E-state index in [1.165, 1.54) is 19.3 Å². The van der Waals surface area contributed by atoms with Crippen LogP contribution in [0.3, 0.4) is 0 Å². The number of piperidine rings is 1. The number of hydrogen-bond acceptors (Lipinski definition) is 4. The Kier molecular flexibility index (Phi) is 5.36. The zero-order valence-corrected chi connectivity index (χ0v) is 9.42. The summed E-state index contributed by atoms with van der Waals surface area (Å²) in [6.45, 7) is 8.48. The SMILES string of the molecule is C=C(CNN1CCCCC1)C(=O)OCC. The van der Waals surface area contributed by atoms with Crippen molar-refractivity contribution in [3.05, 3.63) is 12.2 Å². The van der Waals surface area contributed by atoms with E-state index in [0.29, 0.717) is 18.7 Å². The molecule has 1 aliphatic rings. The lowest BCUT2D eigenvalue weighted by atomic mass is 10.2. The standard InChI is InChI=1S/C11H20N2O2/c1-3-15-11(14)10(2)9-12-13-7-5-4-6-8-13/h12H,2-9H2,1H3. The molecule has 1 saturated heterocycles. The molecule has 0 spiro atoms. The average molecular weight is 212 g/mol. The molecule has 0 saturated carbocycles. The van der Waals surface area contributed by atoms with Gasteiger partial charge >= 0.3 is 5.97 Å². The van der Waals surface area contributed by atoms with Crippen molar-refractivity contribution in [1.29, 1.82) is 0 Å². The highest BCUT2D eigenvalue weighted by Gasteiger charge is 2.12. The first-order valence-electron chi connectivity index (χ1n) is 5.57. The van der Waals surface area contributed by atoms with Gasteiger partial charge in [-0.3, -0.25) is 5.43 Å². The molecule has 0 aliphatic carbocycles. The van der Waals surface area contributed by atoms with Crippen LogP contribution >= 0.6 is 0 Å². The van der Waals surface area contributed by atoms with Crippen LogP contribution in [0.1, 0.15) is 26.2 Å². The molecular formula is C11H20N2O2. The molecule has 0 atom stereocenters. The van der Waals surface area contributed by atoms with Gasteiger partial charge in [0, 0.05) is 25.2 Å². The van der Waals surface area contributed by atoms with Crippen LogP contribution in [0.5, 0.6) is 0 Å². The van der Waals surface area contributed by atoms with Crippen molar-refractivity contribution in [2.75, 3.05) is 26.2 Å². The minimum absolute atomic E-state index is 0.304. The van der Waals surface area contributed by atoms with Crippen molar-refractivity contribution >= 4 is 5.97 Å². The lowest BCUT2D eigenvalue weighted by molar-refractivity contribution is -0.138. The van der Waals surface area contributed by atoms with E-state index in [2.05, 4.69) is 17.0 Å². The quantitative estimate of drug-likeness (QED) is 0.547. The fourth-order valence-electron chi connectivity index (χ4n) is 1.56. The maximum atomic E-state index is 11.2. The second kappa shape index (κ2) is 6.58. The molecule has 1 N–H and O–H groups in total. The van der Waals surface area contributed by atoms with Gasteiger partial charge in [0.1, 0.15) is 0 Å². The summed E-state index contributed by atoms with van der Waals surface area (Å²) in [6.07, 6.45) is 3.74. The number of nitrogens with zero attached hydrogens (tertiary/aromatic N) is 1. The van der Waals surface area contributed by atoms with E-state index in [1.54, 1.807) is 6.92 Å². The minimum Gasteiger partial charge on any atom is -0.463 e. The summed E-state index contributed by atoms with van der Waals surface area (Å²) in [5, 5.41) is 2.15. The molecular weight excluding hydrogens is 192 g/mol. The Morgan fingerprint density at radius 1 is 1.40 bits per heavy atom. The molecule has 0 bridgehead atoms. The molecule has 4 nitrogen and oxygen atoms in total. The lowest BCUT2D eigenvalue weighted by Crippen LogP contribution is -2.43. The fourth-order valence-corrected chi connectivity index (χ4v) is 1.56. The number of hydrogen-bond donors (Lipinski definition) is 1. The molecule has 15 heavy (non-hydrogen) atoms. The van der Waals surface area contributed by atoms with Gasteiger partial charge in [-0.25, -0.2) is 9.80 Å². The average Bonchev–Trinajstić information content (AvgIpc) is 2.27. The third-order valence-electron chi connectivity index (χ3n) is 2.44. The highest BCUT2D eigenvalue weighted by Crippen LogP contribution is 2.06. The summed E-state index contributed by atoms with van der Waals surface area (Å²) < 4.78 is 4.85. The van der Waals surface area contributed by atoms with Gasteiger partial charge in [-0.05, 0) is 19.8 Å². The Balaban J connectivity index is 2.17. The number of carbonyl (C=O) groups is 1. The van der Waals surface area contributed by atoms with Gasteiger partial charge < -0.3 is 4.74 Å². The molecule has 0 aromatic carbocycles. The zero-order valence-electron chi connectivity index (χ0n) is 9.42. The van der Waals surface area contributed by atoms with E-state index in [-0.39, 0.29) is 5.97 Å². The Hall–Kier alpha value is -0.870. The van der Waals surface area contributed by atoms with Crippen molar-refractivity contribution in [1.82, 2.24) is 10.4 Å². The molecule has 1 aliphatic heterocycles. The number of esters is 1. The van der Waals surface area contributed by atoms with E-state index in [9.17, 15) is 4.79 Å². The van der Waals surface area contributed by atoms with Crippen LogP contribution in [-0.4, -0.2) is 37.2 Å². The topological polar surface area (TPSA) is 41.6 Å². The number of nitrogens with one attached hydrogen (secondary N) is 1. The maximum Gasteiger partial charge on any atom is 0.334 e. The predicted octanol–water partition coefficient (Wildman–Crippen LogP) is 1.10. The summed E-state index contributed by atoms with van der Waals surface area (Å²) in [5.74, 6) is -0.304. The highest BCUT2D eigenvalue weighted by atomic mass is 16.5. The van der Waals surface area contributed by atoms with Crippen LogP contribution in [0.25, 0.3) is 0 Å². The monoisotopic (exact) mass is 212 g/mol. The minimum atomic E-state index is -0.304. The van der Waals surface area contributed by atoms with Crippen LogP contribution in [-0.2, 0) is 9.53 Å². The fraction of sp³-hybridized carbons (Fsp3) is 0.727. The van der Waals surface area contributed by atoms with Gasteiger partial charge in [0.25, 0.3) is 0 Å². The maximum absolute atomic E-state index is 11.2. The van der Waals surface area contributed by atoms with Gasteiger partial charge in [0.05, 0.1) is 6.61 Å². The summed E-state index contributed by atoms with van der Waals surface area (Å²) >= 11 is 0. The molecule has 1 rings (SSSR count). The van der Waals surface area contributed by atoms with E-state index in [4.69, 9.17) is 4.74 Å². The van der Waals surface area contributed by atoms with Gasteiger partial charge in [-0.1, -0.05) is 13.0 Å². The second-order valence-electron chi connectivity index (χ2n) is 3.71. The van der Waals surface area contributed by atoms with Crippen LogP contribution in [0.2, 0.25) is 0 Å². The number of hydrazine groups is 1. The first-order valence-corrected chi connectivity index (χ1v) is 5.57. The molecule has 0 aromatic heterocycles. The number of ether oxygens (including phenoxy) is 1. The van der Waals surface area contributed by atoms with Crippen molar-refractivity contribution in [3.8, 4) is 0 Å². The smallest absolute Gasteiger partial charge is 0.334 e. The van der Waals surface area contributed by atoms with Gasteiger partial charge in [0.15, 0.2) is 0 Å². The Labute approximate surface area is 91.2 Å². The van der Waals surface area contributed by atoms with E-state index >= 15 is 0 Å². The third-order valence-corrected chi connectivity index (χ3v) is 2.44.